The molecule has 76 valence electrons. The van der Waals surface area contributed by atoms with Gasteiger partial charge in [0.25, 0.3) is 0 Å². The van der Waals surface area contributed by atoms with Crippen LogP contribution in [0.4, 0.5) is 4.39 Å². The second-order valence-electron chi connectivity index (χ2n) is 4.18. The fourth-order valence-corrected chi connectivity index (χ4v) is 2.38. The van der Waals surface area contributed by atoms with Crippen molar-refractivity contribution in [2.75, 3.05) is 6.54 Å². The van der Waals surface area contributed by atoms with E-state index in [1.807, 2.05) is 12.1 Å². The van der Waals surface area contributed by atoms with Crippen LogP contribution < -0.4 is 5.73 Å². The van der Waals surface area contributed by atoms with E-state index in [1.54, 1.807) is 0 Å². The van der Waals surface area contributed by atoms with Gasteiger partial charge in [-0.05, 0) is 57.9 Å². The summed E-state index contributed by atoms with van der Waals surface area (Å²) in [6.07, 6.45) is 1.11. The van der Waals surface area contributed by atoms with E-state index in [-0.39, 0.29) is 11.2 Å². The lowest BCUT2D eigenvalue weighted by atomic mass is 9.95. The zero-order valence-electron chi connectivity index (χ0n) is 8.06. The van der Waals surface area contributed by atoms with Crippen molar-refractivity contribution in [1.29, 1.82) is 0 Å². The quantitative estimate of drug-likeness (QED) is 0.867. The molecule has 1 aliphatic rings. The van der Waals surface area contributed by atoms with Gasteiger partial charge in [-0.15, -0.1) is 0 Å². The Balaban J connectivity index is 2.31. The van der Waals surface area contributed by atoms with E-state index < -0.39 is 0 Å². The van der Waals surface area contributed by atoms with Crippen molar-refractivity contribution < 1.29 is 4.39 Å². The molecule has 1 aliphatic carbocycles. The summed E-state index contributed by atoms with van der Waals surface area (Å²) >= 11 is 3.20. The van der Waals surface area contributed by atoms with Crippen molar-refractivity contribution >= 4 is 15.9 Å². The lowest BCUT2D eigenvalue weighted by Crippen LogP contribution is -2.11. The average Bonchev–Trinajstić information content (AvgIpc) is 2.83. The van der Waals surface area contributed by atoms with Crippen LogP contribution >= 0.6 is 15.9 Å². The van der Waals surface area contributed by atoms with E-state index in [0.717, 1.165) is 6.42 Å². The van der Waals surface area contributed by atoms with Crippen molar-refractivity contribution in [2.45, 2.75) is 18.8 Å². The highest BCUT2D eigenvalue weighted by Crippen LogP contribution is 2.53. The van der Waals surface area contributed by atoms with Gasteiger partial charge in [0, 0.05) is 0 Å². The second kappa shape index (κ2) is 3.31. The first-order valence-electron chi connectivity index (χ1n) is 4.73. The molecule has 0 aliphatic heterocycles. The summed E-state index contributed by atoms with van der Waals surface area (Å²) in [6.45, 7) is 2.90. The molecule has 1 aromatic carbocycles. The number of hydrogen-bond donors (Lipinski definition) is 1. The Hall–Kier alpha value is -0.410. The molecule has 0 spiro atoms. The lowest BCUT2D eigenvalue weighted by molar-refractivity contribution is 0.614. The molecule has 1 saturated carbocycles. The molecule has 0 bridgehead atoms. The average molecular weight is 258 g/mol. The third-order valence-corrected chi connectivity index (χ3v) is 3.88. The van der Waals surface area contributed by atoms with Gasteiger partial charge in [-0.25, -0.2) is 4.39 Å². The molecule has 1 fully saturated rings. The van der Waals surface area contributed by atoms with Gasteiger partial charge in [-0.1, -0.05) is 13.0 Å². The molecule has 0 heterocycles. The normalized spacial score (nSPS) is 30.4. The summed E-state index contributed by atoms with van der Waals surface area (Å²) in [5.41, 5.74) is 6.98. The molecular weight excluding hydrogens is 245 g/mol. The fourth-order valence-electron chi connectivity index (χ4n) is 2.00. The Labute approximate surface area is 91.6 Å². The maximum absolute atomic E-state index is 13.0. The molecule has 0 amide bonds. The molecule has 0 saturated heterocycles. The number of benzene rings is 1. The second-order valence-corrected chi connectivity index (χ2v) is 5.04. The maximum atomic E-state index is 13.0. The largest absolute Gasteiger partial charge is 0.330 e. The Bertz CT molecular complexity index is 366. The number of hydrogen-bond acceptors (Lipinski definition) is 1. The van der Waals surface area contributed by atoms with Crippen LogP contribution in [0.15, 0.2) is 22.7 Å². The van der Waals surface area contributed by atoms with Gasteiger partial charge in [0.05, 0.1) is 4.47 Å². The number of rotatable bonds is 2. The highest BCUT2D eigenvalue weighted by Gasteiger charge is 2.50. The first-order chi connectivity index (χ1) is 6.58. The van der Waals surface area contributed by atoms with E-state index in [4.69, 9.17) is 5.73 Å². The molecule has 3 heteroatoms. The molecule has 2 unspecified atom stereocenters. The molecule has 14 heavy (non-hydrogen) atoms. The zero-order valence-corrected chi connectivity index (χ0v) is 9.64. The summed E-state index contributed by atoms with van der Waals surface area (Å²) in [6, 6.07) is 5.23. The standard InChI is InChI=1S/C11H13BrFN/c1-11(5-8(11)6-14)7-2-3-10(13)9(12)4-7/h2-4,8H,5-6,14H2,1H3. The number of halogens is 2. The highest BCUT2D eigenvalue weighted by atomic mass is 79.9. The van der Waals surface area contributed by atoms with Gasteiger partial charge in [0.2, 0.25) is 0 Å². The minimum Gasteiger partial charge on any atom is -0.330 e. The van der Waals surface area contributed by atoms with Crippen molar-refractivity contribution in [3.05, 3.63) is 34.1 Å². The van der Waals surface area contributed by atoms with E-state index in [0.29, 0.717) is 16.9 Å². The Morgan fingerprint density at radius 2 is 2.36 bits per heavy atom. The molecular formula is C11H13BrFN. The Morgan fingerprint density at radius 3 is 2.86 bits per heavy atom. The molecule has 0 radical (unpaired) electrons. The Kier molecular flexibility index (Phi) is 2.40. The van der Waals surface area contributed by atoms with Crippen molar-refractivity contribution in [2.24, 2.45) is 11.7 Å². The van der Waals surface area contributed by atoms with Crippen LogP contribution in [0.1, 0.15) is 18.9 Å². The van der Waals surface area contributed by atoms with E-state index in [2.05, 4.69) is 22.9 Å². The first-order valence-corrected chi connectivity index (χ1v) is 5.53. The minimum atomic E-state index is -0.206. The predicted molar refractivity (Wildman–Crippen MR) is 58.6 cm³/mol. The van der Waals surface area contributed by atoms with Crippen LogP contribution in [0.2, 0.25) is 0 Å². The van der Waals surface area contributed by atoms with Gasteiger partial charge in [0.1, 0.15) is 5.82 Å². The lowest BCUT2D eigenvalue weighted by Gasteiger charge is -2.11. The molecule has 2 rings (SSSR count). The predicted octanol–water partition coefficient (Wildman–Crippen LogP) is 2.82. The van der Waals surface area contributed by atoms with Gasteiger partial charge in [-0.3, -0.25) is 0 Å². The first kappa shape index (κ1) is 10.1. The smallest absolute Gasteiger partial charge is 0.137 e. The molecule has 2 N–H and O–H groups in total. The summed E-state index contributed by atoms with van der Waals surface area (Å²) < 4.78 is 13.6. The minimum absolute atomic E-state index is 0.172. The van der Waals surface area contributed by atoms with Gasteiger partial charge in [-0.2, -0.15) is 0 Å². The third-order valence-electron chi connectivity index (χ3n) is 3.27. The van der Waals surface area contributed by atoms with E-state index in [9.17, 15) is 4.39 Å². The number of nitrogens with two attached hydrogens (primary N) is 1. The third kappa shape index (κ3) is 1.48. The fraction of sp³-hybridized carbons (Fsp3) is 0.455. The van der Waals surface area contributed by atoms with Crippen LogP contribution in [0.3, 0.4) is 0 Å². The van der Waals surface area contributed by atoms with Crippen LogP contribution in [0.5, 0.6) is 0 Å². The highest BCUT2D eigenvalue weighted by molar-refractivity contribution is 9.10. The van der Waals surface area contributed by atoms with Crippen LogP contribution in [0.25, 0.3) is 0 Å². The maximum Gasteiger partial charge on any atom is 0.137 e. The van der Waals surface area contributed by atoms with Gasteiger partial charge in [0.15, 0.2) is 0 Å². The topological polar surface area (TPSA) is 26.0 Å². The SMILES string of the molecule is CC1(c2ccc(F)c(Br)c2)CC1CN. The summed E-state index contributed by atoms with van der Waals surface area (Å²) in [4.78, 5) is 0. The van der Waals surface area contributed by atoms with Gasteiger partial charge >= 0.3 is 0 Å². The summed E-state index contributed by atoms with van der Waals surface area (Å²) in [5.74, 6) is 0.349. The molecule has 2 atom stereocenters. The summed E-state index contributed by atoms with van der Waals surface area (Å²) in [5, 5.41) is 0. The Morgan fingerprint density at radius 1 is 1.64 bits per heavy atom. The van der Waals surface area contributed by atoms with Crippen molar-refractivity contribution in [1.82, 2.24) is 0 Å². The van der Waals surface area contributed by atoms with Crippen molar-refractivity contribution in [3.63, 3.8) is 0 Å². The van der Waals surface area contributed by atoms with E-state index in [1.165, 1.54) is 11.6 Å². The van der Waals surface area contributed by atoms with Gasteiger partial charge < -0.3 is 5.73 Å². The van der Waals surface area contributed by atoms with Crippen LogP contribution in [0, 0.1) is 11.7 Å². The van der Waals surface area contributed by atoms with Crippen LogP contribution in [-0.2, 0) is 5.41 Å². The van der Waals surface area contributed by atoms with Crippen molar-refractivity contribution in [3.8, 4) is 0 Å². The monoisotopic (exact) mass is 257 g/mol. The summed E-state index contributed by atoms with van der Waals surface area (Å²) in [7, 11) is 0. The zero-order chi connectivity index (χ0) is 10.3. The van der Waals surface area contributed by atoms with E-state index >= 15 is 0 Å². The molecule has 1 aromatic rings. The van der Waals surface area contributed by atoms with Crippen LogP contribution in [-0.4, -0.2) is 6.54 Å². The molecule has 0 aromatic heterocycles. The molecule has 1 nitrogen and oxygen atoms in total.